The number of carbonyl (C=O) groups excluding carboxylic acids is 1. The van der Waals surface area contributed by atoms with E-state index in [9.17, 15) is 4.79 Å². The van der Waals surface area contributed by atoms with Gasteiger partial charge < -0.3 is 14.8 Å². The third kappa shape index (κ3) is 3.94. The number of anilines is 1. The minimum atomic E-state index is -0.597. The van der Waals surface area contributed by atoms with Crippen molar-refractivity contribution < 1.29 is 14.3 Å². The molecule has 142 valence electrons. The van der Waals surface area contributed by atoms with Crippen molar-refractivity contribution in [2.45, 2.75) is 12.3 Å². The molecule has 28 heavy (non-hydrogen) atoms. The van der Waals surface area contributed by atoms with Crippen LogP contribution in [0.2, 0.25) is 0 Å². The number of halogens is 1. The highest BCUT2D eigenvalue weighted by molar-refractivity contribution is 6.32. The second kappa shape index (κ2) is 7.90. The molecule has 1 atom stereocenters. The van der Waals surface area contributed by atoms with E-state index in [-0.39, 0.29) is 5.91 Å². The van der Waals surface area contributed by atoms with E-state index in [1.165, 1.54) is 0 Å². The summed E-state index contributed by atoms with van der Waals surface area (Å²) in [6.45, 7) is 2.75. The predicted octanol–water partition coefficient (Wildman–Crippen LogP) is 4.75. The molecule has 0 radical (unpaired) electrons. The maximum atomic E-state index is 11.8. The number of nitrogens with zero attached hydrogens (tertiary/aromatic N) is 1. The van der Waals surface area contributed by atoms with Crippen LogP contribution in [-0.2, 0) is 4.79 Å². The van der Waals surface area contributed by atoms with Crippen LogP contribution >= 0.6 is 11.6 Å². The molecule has 0 fully saturated rings. The lowest BCUT2D eigenvalue weighted by molar-refractivity contribution is -0.115. The van der Waals surface area contributed by atoms with Crippen molar-refractivity contribution in [2.75, 3.05) is 18.5 Å². The molecule has 3 aromatic rings. The smallest absolute Gasteiger partial charge is 0.242 e. The molecule has 1 amide bonds. The van der Waals surface area contributed by atoms with Crippen LogP contribution in [0.15, 0.2) is 60.7 Å². The third-order valence-corrected chi connectivity index (χ3v) is 4.57. The van der Waals surface area contributed by atoms with Crippen molar-refractivity contribution >= 4 is 23.2 Å². The number of benzene rings is 2. The lowest BCUT2D eigenvalue weighted by Crippen LogP contribution is -2.20. The molecule has 2 heterocycles. The normalized spacial score (nSPS) is 13.6. The molecule has 1 unspecified atom stereocenters. The predicted molar refractivity (Wildman–Crippen MR) is 110 cm³/mol. The van der Waals surface area contributed by atoms with E-state index in [1.54, 1.807) is 6.92 Å². The Morgan fingerprint density at radius 1 is 0.964 bits per heavy atom. The monoisotopic (exact) mass is 394 g/mol. The van der Waals surface area contributed by atoms with Gasteiger partial charge in [0.2, 0.25) is 5.91 Å². The second-order valence-electron chi connectivity index (χ2n) is 6.45. The fraction of sp³-hybridized carbons (Fsp3) is 0.182. The van der Waals surface area contributed by atoms with Gasteiger partial charge in [0.1, 0.15) is 18.6 Å². The lowest BCUT2D eigenvalue weighted by Gasteiger charge is -2.18. The van der Waals surface area contributed by atoms with Gasteiger partial charge >= 0.3 is 0 Å². The van der Waals surface area contributed by atoms with Crippen LogP contribution in [0.5, 0.6) is 11.5 Å². The summed E-state index contributed by atoms with van der Waals surface area (Å²) in [5, 5.41) is 2.21. The number of hydrogen-bond donors (Lipinski definition) is 1. The molecule has 4 rings (SSSR count). The number of ether oxygens (including phenoxy) is 2. The molecular weight excluding hydrogens is 376 g/mol. The first-order valence-electron chi connectivity index (χ1n) is 9.02. The second-order valence-corrected chi connectivity index (χ2v) is 7.11. The minimum Gasteiger partial charge on any atom is -0.486 e. The average molecular weight is 395 g/mol. The maximum absolute atomic E-state index is 11.8. The fourth-order valence-electron chi connectivity index (χ4n) is 2.96. The van der Waals surface area contributed by atoms with Crippen molar-refractivity contribution in [3.8, 4) is 34.0 Å². The van der Waals surface area contributed by atoms with Crippen LogP contribution in [0.1, 0.15) is 6.92 Å². The van der Waals surface area contributed by atoms with Gasteiger partial charge in [-0.05, 0) is 49.4 Å². The Morgan fingerprint density at radius 2 is 1.64 bits per heavy atom. The molecule has 5 nitrogen and oxygen atoms in total. The largest absolute Gasteiger partial charge is 0.486 e. The van der Waals surface area contributed by atoms with E-state index in [0.717, 1.165) is 34.0 Å². The molecule has 2 aromatic carbocycles. The number of amides is 1. The van der Waals surface area contributed by atoms with Gasteiger partial charge in [-0.2, -0.15) is 0 Å². The van der Waals surface area contributed by atoms with Gasteiger partial charge in [0, 0.05) is 16.8 Å². The van der Waals surface area contributed by atoms with Gasteiger partial charge in [-0.15, -0.1) is 11.6 Å². The zero-order chi connectivity index (χ0) is 19.5. The highest BCUT2D eigenvalue weighted by Crippen LogP contribution is 2.34. The summed E-state index contributed by atoms with van der Waals surface area (Å²) in [6.07, 6.45) is 0. The Kier molecular flexibility index (Phi) is 5.17. The van der Waals surface area contributed by atoms with Crippen LogP contribution in [0.3, 0.4) is 0 Å². The van der Waals surface area contributed by atoms with Gasteiger partial charge in [-0.3, -0.25) is 4.79 Å². The molecule has 1 aliphatic rings. The Bertz CT molecular complexity index is 1020. The third-order valence-electron chi connectivity index (χ3n) is 4.37. The quantitative estimate of drug-likeness (QED) is 0.648. The Morgan fingerprint density at radius 3 is 2.39 bits per heavy atom. The van der Waals surface area contributed by atoms with E-state index >= 15 is 0 Å². The topological polar surface area (TPSA) is 60.5 Å². The van der Waals surface area contributed by atoms with Crippen molar-refractivity contribution in [1.29, 1.82) is 0 Å². The number of carbonyl (C=O) groups is 1. The van der Waals surface area contributed by atoms with Crippen LogP contribution in [-0.4, -0.2) is 29.5 Å². The van der Waals surface area contributed by atoms with Gasteiger partial charge in [0.25, 0.3) is 0 Å². The van der Waals surface area contributed by atoms with E-state index in [4.69, 9.17) is 26.1 Å². The Hall–Kier alpha value is -3.05. The molecule has 0 bridgehead atoms. The molecule has 1 aromatic heterocycles. The maximum Gasteiger partial charge on any atom is 0.242 e. The Balaban J connectivity index is 1.63. The van der Waals surface area contributed by atoms with Crippen LogP contribution < -0.4 is 14.8 Å². The van der Waals surface area contributed by atoms with E-state index in [0.29, 0.717) is 18.9 Å². The number of fused-ring (bicyclic) bond motifs is 1. The summed E-state index contributed by atoms with van der Waals surface area (Å²) in [7, 11) is 0. The summed E-state index contributed by atoms with van der Waals surface area (Å²) in [6, 6.07) is 19.2. The summed E-state index contributed by atoms with van der Waals surface area (Å²) in [4.78, 5) is 16.6. The Labute approximate surface area is 168 Å². The number of nitrogens with one attached hydrogen (secondary N) is 1. The summed E-state index contributed by atoms with van der Waals surface area (Å²) >= 11 is 5.83. The van der Waals surface area contributed by atoms with E-state index in [1.807, 2.05) is 60.7 Å². The van der Waals surface area contributed by atoms with Gasteiger partial charge in [-0.1, -0.05) is 18.2 Å². The fourth-order valence-corrected chi connectivity index (χ4v) is 3.01. The van der Waals surface area contributed by atoms with E-state index < -0.39 is 5.38 Å². The molecule has 6 heteroatoms. The van der Waals surface area contributed by atoms with Gasteiger partial charge in [0.05, 0.1) is 11.4 Å². The zero-order valence-corrected chi connectivity index (χ0v) is 16.1. The summed E-state index contributed by atoms with van der Waals surface area (Å²) in [5.74, 6) is 1.25. The highest BCUT2D eigenvalue weighted by Gasteiger charge is 2.14. The van der Waals surface area contributed by atoms with Crippen molar-refractivity contribution in [3.05, 3.63) is 60.7 Å². The highest BCUT2D eigenvalue weighted by atomic mass is 35.5. The molecule has 0 aliphatic carbocycles. The van der Waals surface area contributed by atoms with Gasteiger partial charge in [0.15, 0.2) is 11.5 Å². The van der Waals surface area contributed by atoms with Crippen LogP contribution in [0.25, 0.3) is 22.5 Å². The number of aromatic nitrogens is 1. The average Bonchev–Trinajstić information content (AvgIpc) is 2.73. The number of pyridine rings is 1. The SMILES string of the molecule is CC(Cl)C(=O)Nc1cccc(-c2cccc(-c3ccc4c(c3)OCCO4)n2)c1. The molecule has 1 N–H and O–H groups in total. The molecule has 0 saturated carbocycles. The minimum absolute atomic E-state index is 0.239. The van der Waals surface area contributed by atoms with E-state index in [2.05, 4.69) is 5.32 Å². The first-order chi connectivity index (χ1) is 13.6. The molecule has 1 aliphatic heterocycles. The number of hydrogen-bond acceptors (Lipinski definition) is 4. The van der Waals surface area contributed by atoms with Crippen LogP contribution in [0, 0.1) is 0 Å². The standard InChI is InChI=1S/C22H19ClN2O3/c1-14(23)22(26)24-17-5-2-4-15(12-17)18-6-3-7-19(25-18)16-8-9-20-21(13-16)28-11-10-27-20/h2-9,12-14H,10-11H2,1H3,(H,24,26). The van der Waals surface area contributed by atoms with Gasteiger partial charge in [-0.25, -0.2) is 4.98 Å². The summed E-state index contributed by atoms with van der Waals surface area (Å²) < 4.78 is 11.2. The van der Waals surface area contributed by atoms with Crippen molar-refractivity contribution in [1.82, 2.24) is 4.98 Å². The molecule has 0 saturated heterocycles. The van der Waals surface area contributed by atoms with Crippen LogP contribution in [0.4, 0.5) is 5.69 Å². The number of rotatable bonds is 4. The molecule has 0 spiro atoms. The van der Waals surface area contributed by atoms with Crippen molar-refractivity contribution in [3.63, 3.8) is 0 Å². The first-order valence-corrected chi connectivity index (χ1v) is 9.46. The zero-order valence-electron chi connectivity index (χ0n) is 15.3. The first kappa shape index (κ1) is 18.3. The lowest BCUT2D eigenvalue weighted by atomic mass is 10.1. The number of alkyl halides is 1. The molecular formula is C22H19ClN2O3. The van der Waals surface area contributed by atoms with Crippen molar-refractivity contribution in [2.24, 2.45) is 0 Å². The summed E-state index contributed by atoms with van der Waals surface area (Å²) in [5.41, 5.74) is 4.17.